The average molecular weight is 849 g/mol. The highest BCUT2D eigenvalue weighted by atomic mass is 32.1. The average Bonchev–Trinajstić information content (AvgIpc) is 4.04. The first-order valence-corrected chi connectivity index (χ1v) is 22.8. The SMILES string of the molecule is c1ccc(C2N=C(c3ccc(-n4c5ccccc5c5cc6ccccc6cc54)c(-c4c5ccccc5cc5oc6ccccc6c45)c3)N=C(c3cccc4sc5ccccc5c34)N2)cc1. The van der Waals surface area contributed by atoms with Crippen molar-refractivity contribution in [2.45, 2.75) is 6.17 Å². The van der Waals surface area contributed by atoms with Crippen LogP contribution in [0.2, 0.25) is 0 Å². The number of nitrogens with zero attached hydrogens (tertiary/aromatic N) is 3. The zero-order chi connectivity index (χ0) is 42.6. The Labute approximate surface area is 376 Å². The van der Waals surface area contributed by atoms with Crippen molar-refractivity contribution in [3.8, 4) is 16.8 Å². The summed E-state index contributed by atoms with van der Waals surface area (Å²) in [5, 5.41) is 15.5. The predicted octanol–water partition coefficient (Wildman–Crippen LogP) is 15.5. The minimum Gasteiger partial charge on any atom is -0.456 e. The number of rotatable bonds is 5. The lowest BCUT2D eigenvalue weighted by Crippen LogP contribution is -2.33. The van der Waals surface area contributed by atoms with Crippen LogP contribution < -0.4 is 5.32 Å². The Morgan fingerprint density at radius 1 is 0.477 bits per heavy atom. The van der Waals surface area contributed by atoms with Gasteiger partial charge in [-0.05, 0) is 87.8 Å². The summed E-state index contributed by atoms with van der Waals surface area (Å²) in [5.74, 6) is 1.46. The zero-order valence-corrected chi connectivity index (χ0v) is 35.7. The number of fused-ring (bicyclic) bond motifs is 11. The molecule has 5 nitrogen and oxygen atoms in total. The number of benzene rings is 10. The van der Waals surface area contributed by atoms with Crippen molar-refractivity contribution in [2.75, 3.05) is 0 Å². The molecular formula is C59H36N4OS. The summed E-state index contributed by atoms with van der Waals surface area (Å²) >= 11 is 1.82. The highest BCUT2D eigenvalue weighted by Gasteiger charge is 2.27. The molecule has 0 radical (unpaired) electrons. The summed E-state index contributed by atoms with van der Waals surface area (Å²) in [7, 11) is 0. The highest BCUT2D eigenvalue weighted by Crippen LogP contribution is 2.46. The molecule has 4 heterocycles. The van der Waals surface area contributed by atoms with Crippen LogP contribution in [0.15, 0.2) is 221 Å². The Morgan fingerprint density at radius 3 is 2.06 bits per heavy atom. The van der Waals surface area contributed by atoms with Gasteiger partial charge in [-0.3, -0.25) is 0 Å². The van der Waals surface area contributed by atoms with Gasteiger partial charge in [0.05, 0.1) is 16.7 Å². The number of hydrogen-bond acceptors (Lipinski definition) is 5. The van der Waals surface area contributed by atoms with E-state index in [1.54, 1.807) is 0 Å². The van der Waals surface area contributed by atoms with E-state index >= 15 is 0 Å². The first kappa shape index (κ1) is 36.2. The highest BCUT2D eigenvalue weighted by molar-refractivity contribution is 7.25. The number of hydrogen-bond donors (Lipinski definition) is 1. The molecule has 0 spiro atoms. The molecule has 1 aliphatic heterocycles. The fourth-order valence-electron chi connectivity index (χ4n) is 10.3. The molecular weight excluding hydrogens is 813 g/mol. The fourth-order valence-corrected chi connectivity index (χ4v) is 11.4. The van der Waals surface area contributed by atoms with Crippen LogP contribution in [0.5, 0.6) is 0 Å². The normalized spacial score (nSPS) is 14.3. The number of aliphatic imine (C=N–C) groups is 2. The topological polar surface area (TPSA) is 54.8 Å². The van der Waals surface area contributed by atoms with E-state index < -0.39 is 0 Å². The smallest absolute Gasteiger partial charge is 0.159 e. The molecule has 65 heavy (non-hydrogen) atoms. The fraction of sp³-hybridized carbons (Fsp3) is 0.0169. The Bertz CT molecular complexity index is 4170. The summed E-state index contributed by atoms with van der Waals surface area (Å²) in [6, 6.07) is 73.9. The Morgan fingerprint density at radius 2 is 1.18 bits per heavy atom. The second kappa shape index (κ2) is 14.1. The maximum Gasteiger partial charge on any atom is 0.159 e. The van der Waals surface area contributed by atoms with Crippen LogP contribution in [0, 0.1) is 0 Å². The van der Waals surface area contributed by atoms with E-state index in [1.165, 1.54) is 41.7 Å². The van der Waals surface area contributed by atoms with Gasteiger partial charge in [-0.25, -0.2) is 9.98 Å². The number of furan rings is 1. The Kier molecular flexibility index (Phi) is 7.85. The van der Waals surface area contributed by atoms with E-state index in [0.29, 0.717) is 5.84 Å². The van der Waals surface area contributed by atoms with E-state index in [9.17, 15) is 0 Å². The van der Waals surface area contributed by atoms with Gasteiger partial charge in [0.1, 0.15) is 23.2 Å². The third-order valence-corrected chi connectivity index (χ3v) is 14.3. The largest absolute Gasteiger partial charge is 0.456 e. The van der Waals surface area contributed by atoms with E-state index in [4.69, 9.17) is 14.4 Å². The summed E-state index contributed by atoms with van der Waals surface area (Å²) < 4.78 is 11.7. The maximum atomic E-state index is 6.71. The van der Waals surface area contributed by atoms with Crippen molar-refractivity contribution in [1.29, 1.82) is 0 Å². The van der Waals surface area contributed by atoms with Gasteiger partial charge < -0.3 is 14.3 Å². The minimum absolute atomic E-state index is 0.366. The van der Waals surface area contributed by atoms with E-state index in [2.05, 4.69) is 210 Å². The Hall–Kier alpha value is -8.32. The minimum atomic E-state index is -0.366. The first-order valence-electron chi connectivity index (χ1n) is 22.0. The summed E-state index contributed by atoms with van der Waals surface area (Å²) in [6.45, 7) is 0. The molecule has 13 aromatic rings. The van der Waals surface area contributed by atoms with Crippen LogP contribution in [0.1, 0.15) is 22.9 Å². The molecule has 0 bridgehead atoms. The third kappa shape index (κ3) is 5.57. The molecule has 1 atom stereocenters. The molecule has 304 valence electrons. The molecule has 0 fully saturated rings. The molecule has 1 aliphatic rings. The molecule has 14 rings (SSSR count). The number of nitrogens with one attached hydrogen (secondary N) is 1. The summed E-state index contributed by atoms with van der Waals surface area (Å²) in [6.07, 6.45) is -0.366. The molecule has 3 aromatic heterocycles. The van der Waals surface area contributed by atoms with Crippen molar-refractivity contribution in [3.63, 3.8) is 0 Å². The Balaban J connectivity index is 1.09. The second-order valence-corrected chi connectivity index (χ2v) is 18.0. The van der Waals surface area contributed by atoms with Crippen LogP contribution >= 0.6 is 11.3 Å². The summed E-state index contributed by atoms with van der Waals surface area (Å²) in [5.41, 5.74) is 10.3. The standard InChI is InChI=1S/C59H36N4OS/c1-2-15-35(16-3-1)57-60-58(62-59(61-57)44-24-14-28-53-54(44)43-23-10-13-27-52(43)65-53)39-29-30-48(63-47-25-11-8-21-41(47)45-31-36-17-4-5-18-37(36)33-49(45)63)46(32-39)55-40-20-7-6-19-38(40)34-51-56(55)42-22-9-12-26-50(42)64-51/h1-34,57H,(H,60,61,62). The zero-order valence-electron chi connectivity index (χ0n) is 34.9. The van der Waals surface area contributed by atoms with Gasteiger partial charge in [-0.15, -0.1) is 11.3 Å². The van der Waals surface area contributed by atoms with Crippen LogP contribution in [0.4, 0.5) is 0 Å². The lowest BCUT2D eigenvalue weighted by Gasteiger charge is -2.25. The quantitative estimate of drug-likeness (QED) is 0.188. The van der Waals surface area contributed by atoms with Gasteiger partial charge >= 0.3 is 0 Å². The van der Waals surface area contributed by atoms with Gasteiger partial charge in [-0.1, -0.05) is 146 Å². The van der Waals surface area contributed by atoms with Gasteiger partial charge in [0.2, 0.25) is 0 Å². The van der Waals surface area contributed by atoms with Crippen LogP contribution in [0.3, 0.4) is 0 Å². The molecule has 1 N–H and O–H groups in total. The third-order valence-electron chi connectivity index (χ3n) is 13.2. The molecule has 0 aliphatic carbocycles. The van der Waals surface area contributed by atoms with Crippen molar-refractivity contribution in [3.05, 3.63) is 223 Å². The van der Waals surface area contributed by atoms with Gasteiger partial charge in [0.15, 0.2) is 5.84 Å². The van der Waals surface area contributed by atoms with Gasteiger partial charge in [0, 0.05) is 64.0 Å². The monoisotopic (exact) mass is 848 g/mol. The first-order chi connectivity index (χ1) is 32.2. The van der Waals surface area contributed by atoms with Crippen molar-refractivity contribution < 1.29 is 4.42 Å². The maximum absolute atomic E-state index is 6.71. The van der Waals surface area contributed by atoms with E-state index in [0.717, 1.165) is 83.1 Å². The van der Waals surface area contributed by atoms with Crippen molar-refractivity contribution >= 4 is 108 Å². The number of amidine groups is 2. The number of para-hydroxylation sites is 2. The molecule has 0 saturated heterocycles. The second-order valence-electron chi connectivity index (χ2n) is 16.9. The number of thiophene rings is 1. The number of aromatic nitrogens is 1. The van der Waals surface area contributed by atoms with Crippen molar-refractivity contribution in [1.82, 2.24) is 9.88 Å². The van der Waals surface area contributed by atoms with Crippen molar-refractivity contribution in [2.24, 2.45) is 9.98 Å². The van der Waals surface area contributed by atoms with Crippen LogP contribution in [-0.2, 0) is 0 Å². The van der Waals surface area contributed by atoms with E-state index in [1.807, 2.05) is 17.4 Å². The molecule has 0 saturated carbocycles. The molecule has 0 amide bonds. The van der Waals surface area contributed by atoms with Crippen LogP contribution in [-0.4, -0.2) is 16.2 Å². The molecule has 1 unspecified atom stereocenters. The van der Waals surface area contributed by atoms with Gasteiger partial charge in [-0.2, -0.15) is 0 Å². The van der Waals surface area contributed by atoms with Gasteiger partial charge in [0.25, 0.3) is 0 Å². The lowest BCUT2D eigenvalue weighted by atomic mass is 9.91. The predicted molar refractivity (Wildman–Crippen MR) is 273 cm³/mol. The lowest BCUT2D eigenvalue weighted by molar-refractivity contribution is 0.669. The van der Waals surface area contributed by atoms with E-state index in [-0.39, 0.29) is 6.17 Å². The van der Waals surface area contributed by atoms with Crippen LogP contribution in [0.25, 0.3) is 102 Å². The molecule has 6 heteroatoms. The molecule has 10 aromatic carbocycles. The summed E-state index contributed by atoms with van der Waals surface area (Å²) in [4.78, 5) is 10.9.